The van der Waals surface area contributed by atoms with Crippen LogP contribution in [-0.2, 0) is 6.61 Å². The van der Waals surface area contributed by atoms with Gasteiger partial charge in [-0.1, -0.05) is 22.0 Å². The first kappa shape index (κ1) is 19.8. The number of carbonyl (C=O) groups excluding carboxylic acids is 1. The average Bonchev–Trinajstić information content (AvgIpc) is 2.73. The molecule has 1 N–H and O–H groups in total. The smallest absolute Gasteiger partial charge is 0.255 e. The van der Waals surface area contributed by atoms with Crippen LogP contribution in [0.25, 0.3) is 0 Å². The maximum absolute atomic E-state index is 12.6. The largest absolute Gasteiger partial charge is 0.497 e. The van der Waals surface area contributed by atoms with Crippen molar-refractivity contribution in [2.45, 2.75) is 6.61 Å². The molecule has 0 saturated heterocycles. The van der Waals surface area contributed by atoms with Crippen molar-refractivity contribution in [3.8, 4) is 17.2 Å². The molecule has 0 bridgehead atoms. The molecular formula is C22H20BrNO4. The van der Waals surface area contributed by atoms with Crippen molar-refractivity contribution in [2.75, 3.05) is 19.5 Å². The van der Waals surface area contributed by atoms with Crippen LogP contribution in [-0.4, -0.2) is 20.1 Å². The summed E-state index contributed by atoms with van der Waals surface area (Å²) in [6.07, 6.45) is 0. The van der Waals surface area contributed by atoms with E-state index < -0.39 is 0 Å². The van der Waals surface area contributed by atoms with Crippen LogP contribution in [0.3, 0.4) is 0 Å². The molecule has 1 amide bonds. The molecular weight excluding hydrogens is 422 g/mol. The van der Waals surface area contributed by atoms with Crippen molar-refractivity contribution in [2.24, 2.45) is 0 Å². The molecule has 5 nitrogen and oxygen atoms in total. The summed E-state index contributed by atoms with van der Waals surface area (Å²) in [5, 5.41) is 2.88. The summed E-state index contributed by atoms with van der Waals surface area (Å²) in [6, 6.07) is 20.0. The van der Waals surface area contributed by atoms with Gasteiger partial charge in [0.15, 0.2) is 0 Å². The molecule has 0 unspecified atom stereocenters. The van der Waals surface area contributed by atoms with Gasteiger partial charge < -0.3 is 19.5 Å². The maximum atomic E-state index is 12.6. The van der Waals surface area contributed by atoms with Gasteiger partial charge in [-0.05, 0) is 54.6 Å². The second-order valence-corrected chi connectivity index (χ2v) is 6.87. The number of methoxy groups -OCH3 is 2. The third-order valence-corrected chi connectivity index (χ3v) is 4.61. The monoisotopic (exact) mass is 441 g/mol. The van der Waals surface area contributed by atoms with Crippen LogP contribution in [0, 0.1) is 0 Å². The Morgan fingerprint density at radius 2 is 1.68 bits per heavy atom. The minimum Gasteiger partial charge on any atom is -0.497 e. The van der Waals surface area contributed by atoms with E-state index in [4.69, 9.17) is 14.2 Å². The molecule has 3 aromatic carbocycles. The normalized spacial score (nSPS) is 10.2. The number of hydrogen-bond acceptors (Lipinski definition) is 4. The molecule has 6 heteroatoms. The number of rotatable bonds is 7. The molecule has 0 aliphatic rings. The summed E-state index contributed by atoms with van der Waals surface area (Å²) in [5.74, 6) is 1.84. The first-order chi connectivity index (χ1) is 13.6. The quantitative estimate of drug-likeness (QED) is 0.540. The van der Waals surface area contributed by atoms with E-state index in [9.17, 15) is 4.79 Å². The summed E-state index contributed by atoms with van der Waals surface area (Å²) in [6.45, 7) is 0.260. The standard InChI is InChI=1S/C22H20BrNO4/c1-26-19-4-3-5-20(13-19)28-14-16-12-15(6-11-21(16)27-2)22(25)24-18-9-7-17(23)8-10-18/h3-13H,14H2,1-2H3,(H,24,25). The van der Waals surface area contributed by atoms with Crippen molar-refractivity contribution < 1.29 is 19.0 Å². The van der Waals surface area contributed by atoms with E-state index in [0.717, 1.165) is 15.7 Å². The fourth-order valence-corrected chi connectivity index (χ4v) is 2.89. The Labute approximate surface area is 172 Å². The second-order valence-electron chi connectivity index (χ2n) is 5.96. The zero-order valence-electron chi connectivity index (χ0n) is 15.6. The summed E-state index contributed by atoms with van der Waals surface area (Å²) in [7, 11) is 3.20. The number of ether oxygens (including phenoxy) is 3. The summed E-state index contributed by atoms with van der Waals surface area (Å²) < 4.78 is 17.4. The van der Waals surface area contributed by atoms with Crippen LogP contribution in [0.1, 0.15) is 15.9 Å². The third-order valence-electron chi connectivity index (χ3n) is 4.08. The van der Waals surface area contributed by atoms with E-state index in [1.165, 1.54) is 0 Å². The van der Waals surface area contributed by atoms with Gasteiger partial charge in [0.2, 0.25) is 0 Å². The van der Waals surface area contributed by atoms with Crippen LogP contribution in [0.15, 0.2) is 71.2 Å². The lowest BCUT2D eigenvalue weighted by molar-refractivity contribution is 0.102. The summed E-state index contributed by atoms with van der Waals surface area (Å²) in [5.41, 5.74) is 2.01. The molecule has 0 aliphatic heterocycles. The number of hydrogen-bond donors (Lipinski definition) is 1. The van der Waals surface area contributed by atoms with E-state index in [1.54, 1.807) is 38.5 Å². The Morgan fingerprint density at radius 3 is 2.39 bits per heavy atom. The number of benzene rings is 3. The summed E-state index contributed by atoms with van der Waals surface area (Å²) in [4.78, 5) is 12.6. The Bertz CT molecular complexity index is 957. The Kier molecular flexibility index (Phi) is 6.55. The molecule has 0 aromatic heterocycles. The van der Waals surface area contributed by atoms with Gasteiger partial charge in [0.1, 0.15) is 23.9 Å². The Hall–Kier alpha value is -2.99. The lowest BCUT2D eigenvalue weighted by Gasteiger charge is -2.13. The van der Waals surface area contributed by atoms with Crippen LogP contribution < -0.4 is 19.5 Å². The first-order valence-corrected chi connectivity index (χ1v) is 9.39. The highest BCUT2D eigenvalue weighted by molar-refractivity contribution is 9.10. The van der Waals surface area contributed by atoms with Crippen molar-refractivity contribution in [1.82, 2.24) is 0 Å². The molecule has 0 atom stereocenters. The first-order valence-electron chi connectivity index (χ1n) is 8.59. The molecule has 0 spiro atoms. The number of nitrogens with one attached hydrogen (secondary N) is 1. The topological polar surface area (TPSA) is 56.8 Å². The predicted octanol–water partition coefficient (Wildman–Crippen LogP) is 5.30. The van der Waals surface area contributed by atoms with Gasteiger partial charge in [0, 0.05) is 27.4 Å². The van der Waals surface area contributed by atoms with E-state index in [-0.39, 0.29) is 12.5 Å². The highest BCUT2D eigenvalue weighted by atomic mass is 79.9. The van der Waals surface area contributed by atoms with Gasteiger partial charge in [0.05, 0.1) is 14.2 Å². The molecule has 0 heterocycles. The van der Waals surface area contributed by atoms with Crippen LogP contribution >= 0.6 is 15.9 Å². The molecule has 0 fully saturated rings. The predicted molar refractivity (Wildman–Crippen MR) is 112 cm³/mol. The molecule has 0 aliphatic carbocycles. The third kappa shape index (κ3) is 5.04. The minimum absolute atomic E-state index is 0.201. The molecule has 0 radical (unpaired) electrons. The van der Waals surface area contributed by atoms with Gasteiger partial charge in [-0.25, -0.2) is 0 Å². The number of anilines is 1. The molecule has 3 rings (SSSR count). The van der Waals surface area contributed by atoms with E-state index >= 15 is 0 Å². The summed E-state index contributed by atoms with van der Waals surface area (Å²) >= 11 is 3.38. The zero-order valence-corrected chi connectivity index (χ0v) is 17.2. The number of carbonyl (C=O) groups is 1. The number of amides is 1. The van der Waals surface area contributed by atoms with Gasteiger partial charge >= 0.3 is 0 Å². The van der Waals surface area contributed by atoms with Crippen molar-refractivity contribution >= 4 is 27.5 Å². The maximum Gasteiger partial charge on any atom is 0.255 e. The average molecular weight is 442 g/mol. The number of halogens is 1. The fourth-order valence-electron chi connectivity index (χ4n) is 2.62. The minimum atomic E-state index is -0.201. The second kappa shape index (κ2) is 9.28. The van der Waals surface area contributed by atoms with Crippen molar-refractivity contribution in [1.29, 1.82) is 0 Å². The van der Waals surface area contributed by atoms with Crippen LogP contribution in [0.4, 0.5) is 5.69 Å². The van der Waals surface area contributed by atoms with Crippen molar-refractivity contribution in [3.63, 3.8) is 0 Å². The van der Waals surface area contributed by atoms with E-state index in [2.05, 4.69) is 21.2 Å². The van der Waals surface area contributed by atoms with E-state index in [0.29, 0.717) is 22.8 Å². The Morgan fingerprint density at radius 1 is 0.929 bits per heavy atom. The van der Waals surface area contributed by atoms with Gasteiger partial charge in [-0.3, -0.25) is 4.79 Å². The molecule has 28 heavy (non-hydrogen) atoms. The van der Waals surface area contributed by atoms with Gasteiger partial charge in [-0.15, -0.1) is 0 Å². The molecule has 3 aromatic rings. The lowest BCUT2D eigenvalue weighted by atomic mass is 10.1. The van der Waals surface area contributed by atoms with Crippen LogP contribution in [0.5, 0.6) is 17.2 Å². The highest BCUT2D eigenvalue weighted by Gasteiger charge is 2.12. The lowest BCUT2D eigenvalue weighted by Crippen LogP contribution is -2.12. The van der Waals surface area contributed by atoms with Gasteiger partial charge in [-0.2, -0.15) is 0 Å². The zero-order chi connectivity index (χ0) is 19.9. The highest BCUT2D eigenvalue weighted by Crippen LogP contribution is 2.25. The molecule has 144 valence electrons. The van der Waals surface area contributed by atoms with Crippen LogP contribution in [0.2, 0.25) is 0 Å². The fraction of sp³-hybridized carbons (Fsp3) is 0.136. The molecule has 0 saturated carbocycles. The van der Waals surface area contributed by atoms with E-state index in [1.807, 2.05) is 42.5 Å². The van der Waals surface area contributed by atoms with Gasteiger partial charge in [0.25, 0.3) is 5.91 Å². The van der Waals surface area contributed by atoms with Crippen molar-refractivity contribution in [3.05, 3.63) is 82.3 Å². The SMILES string of the molecule is COc1cccc(OCc2cc(C(=O)Nc3ccc(Br)cc3)ccc2OC)c1. The Balaban J connectivity index is 1.75.